The molecule has 0 radical (unpaired) electrons. The monoisotopic (exact) mass is 755 g/mol. The van der Waals surface area contributed by atoms with Gasteiger partial charge in [-0.3, -0.25) is 24.4 Å². The lowest BCUT2D eigenvalue weighted by atomic mass is 9.84. The Kier molecular flexibility index (Phi) is 11.2. The van der Waals surface area contributed by atoms with Crippen molar-refractivity contribution in [3.63, 3.8) is 0 Å². The minimum absolute atomic E-state index is 0.00654. The van der Waals surface area contributed by atoms with Crippen LogP contribution in [0.3, 0.4) is 0 Å². The Morgan fingerprint density at radius 1 is 1.20 bits per heavy atom. The molecule has 54 heavy (non-hydrogen) atoms. The first-order valence-electron chi connectivity index (χ1n) is 19.3. The number of ether oxygens (including phenoxy) is 2. The Hall–Kier alpha value is -4.17. The van der Waals surface area contributed by atoms with E-state index >= 15 is 0 Å². The van der Waals surface area contributed by atoms with Crippen molar-refractivity contribution in [2.24, 2.45) is 11.3 Å². The smallest absolute Gasteiger partial charge is 0.324 e. The average Bonchev–Trinajstić information content (AvgIpc) is 3.77. The van der Waals surface area contributed by atoms with Gasteiger partial charge in [-0.1, -0.05) is 19.9 Å². The number of piperidine rings is 1. The van der Waals surface area contributed by atoms with Gasteiger partial charge in [0, 0.05) is 71.7 Å². The molecule has 3 N–H and O–H groups in total. The number of esters is 1. The van der Waals surface area contributed by atoms with Crippen LogP contribution in [0.4, 0.5) is 0 Å². The highest BCUT2D eigenvalue weighted by Gasteiger charge is 2.37. The third kappa shape index (κ3) is 7.68. The highest BCUT2D eigenvalue weighted by atomic mass is 32.1. The summed E-state index contributed by atoms with van der Waals surface area (Å²) in [5, 5.41) is 11.9. The van der Waals surface area contributed by atoms with Crippen molar-refractivity contribution < 1.29 is 23.9 Å². The first-order valence-corrected chi connectivity index (χ1v) is 20.2. The molecule has 3 aliphatic heterocycles. The minimum Gasteiger partial charge on any atom is -0.464 e. The topological polar surface area (TPSA) is 140 Å². The van der Waals surface area contributed by atoms with Crippen LogP contribution in [-0.2, 0) is 43.2 Å². The summed E-state index contributed by atoms with van der Waals surface area (Å²) in [6, 6.07) is 9.02. The molecule has 2 amide bonds. The summed E-state index contributed by atoms with van der Waals surface area (Å²) in [7, 11) is 1.70. The molecule has 0 spiro atoms. The average molecular weight is 756 g/mol. The summed E-state index contributed by atoms with van der Waals surface area (Å²) in [6.45, 7) is 12.6. The lowest BCUT2D eigenvalue weighted by Gasteiger charge is -2.36. The molecule has 3 aromatic heterocycles. The van der Waals surface area contributed by atoms with Gasteiger partial charge in [0.05, 0.1) is 40.7 Å². The largest absolute Gasteiger partial charge is 0.464 e. The first kappa shape index (κ1) is 38.1. The van der Waals surface area contributed by atoms with Crippen LogP contribution in [0.15, 0.2) is 41.9 Å². The van der Waals surface area contributed by atoms with Crippen molar-refractivity contribution in [3.05, 3.63) is 58.2 Å². The summed E-state index contributed by atoms with van der Waals surface area (Å²) in [5.74, 6) is -1.06. The standard InChI is InChI=1S/C41H53N7O5S/c1-7-47-34-15-14-26-19-29(34)30(37(47)28-12-9-17-43-36(28)25(3)52-6)21-41(4,5)23-53-40(51)31-13-10-18-48(46-31)39(50)32(20-35-44-33(26)22-54-35)45-38(49)27-11-8-16-42-24(27)2/h9,12,14-15,17,19,22,24-25,27,31-32,42,46H,7-8,10-11,13,16,18,20-21,23H2,1-6H3,(H,45,49)/t24-,25+,27+,31+,32+/m1/s1. The zero-order valence-corrected chi connectivity index (χ0v) is 33.1. The molecule has 0 saturated carbocycles. The third-order valence-electron chi connectivity index (χ3n) is 11.3. The second-order valence-electron chi connectivity index (χ2n) is 15.8. The van der Waals surface area contributed by atoms with E-state index in [1.807, 2.05) is 25.3 Å². The van der Waals surface area contributed by atoms with Crippen molar-refractivity contribution in [1.82, 2.24) is 35.6 Å². The van der Waals surface area contributed by atoms with E-state index in [-0.39, 0.29) is 42.9 Å². The number of amides is 2. The predicted octanol–water partition coefficient (Wildman–Crippen LogP) is 5.59. The van der Waals surface area contributed by atoms with Gasteiger partial charge in [-0.25, -0.2) is 10.4 Å². The van der Waals surface area contributed by atoms with Crippen LogP contribution in [0.1, 0.15) is 82.7 Å². The molecule has 1 aromatic carbocycles. The van der Waals surface area contributed by atoms with Crippen LogP contribution in [0.5, 0.6) is 0 Å². The lowest BCUT2D eigenvalue weighted by Crippen LogP contribution is -2.61. The van der Waals surface area contributed by atoms with Crippen LogP contribution in [0, 0.1) is 11.3 Å². The van der Waals surface area contributed by atoms with Gasteiger partial charge >= 0.3 is 5.97 Å². The van der Waals surface area contributed by atoms with Crippen LogP contribution >= 0.6 is 11.3 Å². The second kappa shape index (κ2) is 15.9. The van der Waals surface area contributed by atoms with E-state index in [1.54, 1.807) is 13.3 Å². The van der Waals surface area contributed by atoms with Gasteiger partial charge in [0.15, 0.2) is 0 Å². The van der Waals surface area contributed by atoms with Crippen molar-refractivity contribution in [3.8, 4) is 22.5 Å². The summed E-state index contributed by atoms with van der Waals surface area (Å²) in [4.78, 5) is 51.5. The molecule has 6 bridgehead atoms. The van der Waals surface area contributed by atoms with Gasteiger partial charge in [0.2, 0.25) is 5.91 Å². The molecule has 3 aliphatic rings. The number of hydrazine groups is 1. The molecule has 5 atom stereocenters. The number of methoxy groups -OCH3 is 1. The maximum absolute atomic E-state index is 14.2. The Morgan fingerprint density at radius 2 is 2.04 bits per heavy atom. The normalized spacial score (nSPS) is 24.1. The van der Waals surface area contributed by atoms with Gasteiger partial charge in [-0.15, -0.1) is 11.3 Å². The fraction of sp³-hybridized carbons (Fsp3) is 0.537. The number of hydrogen-bond acceptors (Lipinski definition) is 10. The Morgan fingerprint density at radius 3 is 2.81 bits per heavy atom. The molecule has 13 heteroatoms. The number of rotatable bonds is 6. The number of aromatic nitrogens is 3. The molecule has 0 aliphatic carbocycles. The van der Waals surface area contributed by atoms with Crippen LogP contribution in [0.25, 0.3) is 33.4 Å². The molecule has 0 unspecified atom stereocenters. The Bertz CT molecular complexity index is 2020. The Balaban J connectivity index is 1.34. The van der Waals surface area contributed by atoms with Crippen molar-refractivity contribution in [2.75, 3.05) is 26.8 Å². The molecular weight excluding hydrogens is 703 g/mol. The summed E-state index contributed by atoms with van der Waals surface area (Å²) >= 11 is 1.49. The number of fused-ring (bicyclic) bond motifs is 6. The molecule has 6 heterocycles. The number of cyclic esters (lactones) is 1. The molecule has 2 fully saturated rings. The van der Waals surface area contributed by atoms with Crippen molar-refractivity contribution >= 4 is 40.0 Å². The van der Waals surface area contributed by atoms with Gasteiger partial charge in [-0.2, -0.15) is 0 Å². The zero-order valence-electron chi connectivity index (χ0n) is 32.2. The van der Waals surface area contributed by atoms with Gasteiger partial charge in [0.25, 0.3) is 5.91 Å². The number of thiazole rings is 1. The van der Waals surface area contributed by atoms with Crippen LogP contribution in [-0.4, -0.2) is 82.3 Å². The number of nitrogens with zero attached hydrogens (tertiary/aromatic N) is 4. The van der Waals surface area contributed by atoms with Gasteiger partial charge in [0.1, 0.15) is 12.1 Å². The molecule has 4 aromatic rings. The minimum atomic E-state index is -0.857. The fourth-order valence-electron chi connectivity index (χ4n) is 8.24. The van der Waals surface area contributed by atoms with E-state index in [9.17, 15) is 14.4 Å². The number of carbonyl (C=O) groups excluding carboxylic acids is 3. The number of carbonyl (C=O) groups is 3. The quantitative estimate of drug-likeness (QED) is 0.215. The number of hydrogen-bond donors (Lipinski definition) is 3. The van der Waals surface area contributed by atoms with E-state index in [0.29, 0.717) is 25.8 Å². The number of nitrogens with one attached hydrogen (secondary N) is 3. The fourth-order valence-corrected chi connectivity index (χ4v) is 9.10. The lowest BCUT2D eigenvalue weighted by molar-refractivity contribution is -0.155. The van der Waals surface area contributed by atoms with Crippen molar-refractivity contribution in [1.29, 1.82) is 0 Å². The van der Waals surface area contributed by atoms with E-state index in [4.69, 9.17) is 19.4 Å². The van der Waals surface area contributed by atoms with Crippen LogP contribution in [0.2, 0.25) is 0 Å². The molecule has 7 rings (SSSR count). The van der Waals surface area contributed by atoms with Crippen LogP contribution < -0.4 is 16.1 Å². The summed E-state index contributed by atoms with van der Waals surface area (Å²) in [5.41, 5.74) is 9.68. The van der Waals surface area contributed by atoms with Gasteiger partial charge in [-0.05, 0) is 89.2 Å². The highest BCUT2D eigenvalue weighted by Crippen LogP contribution is 2.42. The first-order chi connectivity index (χ1) is 26.0. The SMILES string of the molecule is CCn1c(-c2cccnc2[C@H](C)OC)c2c3cc(ccc31)-c1csc(n1)C[C@H](NC(=O)[C@H]1CCCN[C@@H]1C)C(=O)N1CCC[C@H](N1)C(=O)OCC(C)(C)C2. The van der Waals surface area contributed by atoms with E-state index in [2.05, 4.69) is 65.7 Å². The molecule has 12 nitrogen and oxygen atoms in total. The molecule has 288 valence electrons. The maximum atomic E-state index is 14.2. The maximum Gasteiger partial charge on any atom is 0.324 e. The van der Waals surface area contributed by atoms with E-state index in [1.165, 1.54) is 16.3 Å². The molecular formula is C41H53N7O5S. The third-order valence-corrected chi connectivity index (χ3v) is 12.1. The predicted molar refractivity (Wildman–Crippen MR) is 210 cm³/mol. The van der Waals surface area contributed by atoms with E-state index < -0.39 is 23.5 Å². The summed E-state index contributed by atoms with van der Waals surface area (Å²) < 4.78 is 14.2. The van der Waals surface area contributed by atoms with Gasteiger partial charge < -0.3 is 24.7 Å². The molecule has 2 saturated heterocycles. The van der Waals surface area contributed by atoms with Crippen molar-refractivity contribution in [2.45, 2.75) is 104 Å². The zero-order chi connectivity index (χ0) is 38.1. The van der Waals surface area contributed by atoms with E-state index in [0.717, 1.165) is 75.6 Å². The number of pyridine rings is 1. The Labute approximate surface area is 321 Å². The summed E-state index contributed by atoms with van der Waals surface area (Å²) in [6.07, 6.45) is 5.27. The number of benzene rings is 1. The second-order valence-corrected chi connectivity index (χ2v) is 16.7. The number of aryl methyl sites for hydroxylation is 1. The highest BCUT2D eigenvalue weighted by molar-refractivity contribution is 7.10.